The van der Waals surface area contributed by atoms with Crippen LogP contribution in [-0.4, -0.2) is 51.2 Å². The normalized spacial score (nSPS) is 14.2. The zero-order valence-electron chi connectivity index (χ0n) is 22.4. The van der Waals surface area contributed by atoms with Crippen molar-refractivity contribution in [2.24, 2.45) is 7.05 Å². The molecular formula is C28H30ClN5O5. The molecule has 1 aliphatic heterocycles. The number of rotatable bonds is 7. The van der Waals surface area contributed by atoms with Crippen molar-refractivity contribution in [3.63, 3.8) is 0 Å². The van der Waals surface area contributed by atoms with Gasteiger partial charge in [-0.2, -0.15) is 4.98 Å². The van der Waals surface area contributed by atoms with E-state index in [1.807, 2.05) is 19.9 Å². The lowest BCUT2D eigenvalue weighted by Crippen LogP contribution is -2.45. The molecule has 10 nitrogen and oxygen atoms in total. The highest BCUT2D eigenvalue weighted by molar-refractivity contribution is 6.28. The average Bonchev–Trinajstić information content (AvgIpc) is 2.92. The summed E-state index contributed by atoms with van der Waals surface area (Å²) in [7, 11) is 1.64. The van der Waals surface area contributed by atoms with E-state index in [1.54, 1.807) is 31.3 Å². The number of aryl methyl sites for hydroxylation is 1. The van der Waals surface area contributed by atoms with Gasteiger partial charge in [0.05, 0.1) is 29.6 Å². The number of anilines is 1. The molecule has 0 atom stereocenters. The van der Waals surface area contributed by atoms with Crippen molar-refractivity contribution in [1.29, 1.82) is 0 Å². The minimum absolute atomic E-state index is 0.118. The van der Waals surface area contributed by atoms with E-state index in [0.29, 0.717) is 78.4 Å². The van der Waals surface area contributed by atoms with Gasteiger partial charge in [-0.1, -0.05) is 0 Å². The number of piperidine rings is 1. The number of ketones is 1. The van der Waals surface area contributed by atoms with Gasteiger partial charge < -0.3 is 14.4 Å². The molecule has 1 aliphatic rings. The lowest BCUT2D eigenvalue weighted by Gasteiger charge is -2.34. The first-order chi connectivity index (χ1) is 18.7. The first-order valence-electron chi connectivity index (χ1n) is 13.0. The molecule has 0 radical (unpaired) electrons. The van der Waals surface area contributed by atoms with Crippen molar-refractivity contribution >= 4 is 45.0 Å². The number of carbonyl (C=O) groups excluding carboxylic acids is 1. The Labute approximate surface area is 229 Å². The average molecular weight is 552 g/mol. The Morgan fingerprint density at radius 2 is 1.67 bits per heavy atom. The summed E-state index contributed by atoms with van der Waals surface area (Å²) >= 11 is 6.31. The van der Waals surface area contributed by atoms with Gasteiger partial charge >= 0.3 is 5.69 Å². The standard InChI is InChI=1S/C28H30ClN5O5/c1-5-38-23-14-19-21(15-24(23)39-6-2)30-27(29)31-25(19)33-11-9-18(10-12-33)34-26(36)20-13-17(16(3)35)7-8-22(20)32(4)28(34)37/h7-8,13-15,18H,5-6,9-12H2,1-4H3. The summed E-state index contributed by atoms with van der Waals surface area (Å²) in [6.07, 6.45) is 1.09. The van der Waals surface area contributed by atoms with Gasteiger partial charge in [-0.05, 0) is 69.5 Å². The summed E-state index contributed by atoms with van der Waals surface area (Å²) in [6, 6.07) is 8.24. The van der Waals surface area contributed by atoms with E-state index in [2.05, 4.69) is 14.9 Å². The summed E-state index contributed by atoms with van der Waals surface area (Å²) in [5.74, 6) is 1.72. The van der Waals surface area contributed by atoms with Gasteiger partial charge in [0.1, 0.15) is 5.82 Å². The van der Waals surface area contributed by atoms with Crippen LogP contribution in [0.2, 0.25) is 5.28 Å². The molecule has 3 heterocycles. The molecule has 0 bridgehead atoms. The number of hydrogen-bond acceptors (Lipinski definition) is 8. The van der Waals surface area contributed by atoms with Gasteiger partial charge in [0.2, 0.25) is 5.28 Å². The third kappa shape index (κ3) is 4.85. The van der Waals surface area contributed by atoms with Gasteiger partial charge in [-0.15, -0.1) is 0 Å². The zero-order chi connectivity index (χ0) is 27.8. The molecule has 11 heteroatoms. The second-order valence-corrected chi connectivity index (χ2v) is 9.86. The van der Waals surface area contributed by atoms with Crippen molar-refractivity contribution in [2.45, 2.75) is 39.7 Å². The Morgan fingerprint density at radius 3 is 2.31 bits per heavy atom. The Balaban J connectivity index is 1.50. The lowest BCUT2D eigenvalue weighted by atomic mass is 10.0. The number of nitrogens with zero attached hydrogens (tertiary/aromatic N) is 5. The zero-order valence-corrected chi connectivity index (χ0v) is 23.1. The van der Waals surface area contributed by atoms with Crippen LogP contribution < -0.4 is 25.6 Å². The highest BCUT2D eigenvalue weighted by Crippen LogP contribution is 2.37. The lowest BCUT2D eigenvalue weighted by molar-refractivity contribution is 0.101. The molecule has 4 aromatic rings. The second-order valence-electron chi connectivity index (χ2n) is 9.52. The fourth-order valence-electron chi connectivity index (χ4n) is 5.23. The SMILES string of the molecule is CCOc1cc2nc(Cl)nc(N3CCC(n4c(=O)c5cc(C(C)=O)ccc5n(C)c4=O)CC3)c2cc1OCC. The van der Waals surface area contributed by atoms with E-state index in [9.17, 15) is 14.4 Å². The van der Waals surface area contributed by atoms with E-state index in [0.717, 1.165) is 5.39 Å². The largest absolute Gasteiger partial charge is 0.490 e. The van der Waals surface area contributed by atoms with Crippen LogP contribution in [0.25, 0.3) is 21.8 Å². The number of carbonyl (C=O) groups is 1. The number of halogens is 1. The molecule has 2 aromatic carbocycles. The fourth-order valence-corrected chi connectivity index (χ4v) is 5.40. The predicted molar refractivity (Wildman–Crippen MR) is 151 cm³/mol. The van der Waals surface area contributed by atoms with Crippen LogP contribution in [0, 0.1) is 0 Å². The van der Waals surface area contributed by atoms with Crippen molar-refractivity contribution in [3.8, 4) is 11.5 Å². The number of benzene rings is 2. The van der Waals surface area contributed by atoms with Crippen molar-refractivity contribution < 1.29 is 14.3 Å². The Hall–Kier alpha value is -3.92. The maximum absolute atomic E-state index is 13.5. The number of ether oxygens (including phenoxy) is 2. The molecule has 0 N–H and O–H groups in total. The topological polar surface area (TPSA) is 109 Å². The van der Waals surface area contributed by atoms with Crippen LogP contribution in [-0.2, 0) is 7.05 Å². The molecule has 2 aromatic heterocycles. The fraction of sp³-hybridized carbons (Fsp3) is 0.393. The van der Waals surface area contributed by atoms with Gasteiger partial charge in [-0.25, -0.2) is 9.78 Å². The molecule has 0 amide bonds. The Morgan fingerprint density at radius 1 is 1.00 bits per heavy atom. The monoisotopic (exact) mass is 551 g/mol. The van der Waals surface area contributed by atoms with E-state index < -0.39 is 0 Å². The smallest absolute Gasteiger partial charge is 0.331 e. The van der Waals surface area contributed by atoms with Crippen LogP contribution in [0.1, 0.15) is 50.0 Å². The number of hydrogen-bond donors (Lipinski definition) is 0. The van der Waals surface area contributed by atoms with Gasteiger partial charge in [-0.3, -0.25) is 18.7 Å². The van der Waals surface area contributed by atoms with E-state index in [4.69, 9.17) is 21.1 Å². The van der Waals surface area contributed by atoms with Gasteiger partial charge in [0.25, 0.3) is 5.56 Å². The van der Waals surface area contributed by atoms with Crippen LogP contribution in [0.15, 0.2) is 39.9 Å². The van der Waals surface area contributed by atoms with Gasteiger partial charge in [0.15, 0.2) is 17.3 Å². The van der Waals surface area contributed by atoms with E-state index in [-0.39, 0.29) is 28.4 Å². The maximum Gasteiger partial charge on any atom is 0.331 e. The Bertz CT molecular complexity index is 1710. The summed E-state index contributed by atoms with van der Waals surface area (Å²) in [4.78, 5) is 49.7. The first-order valence-corrected chi connectivity index (χ1v) is 13.4. The van der Waals surface area contributed by atoms with Crippen LogP contribution in [0.5, 0.6) is 11.5 Å². The summed E-state index contributed by atoms with van der Waals surface area (Å²) in [6.45, 7) is 7.31. The van der Waals surface area contributed by atoms with Crippen molar-refractivity contribution in [2.75, 3.05) is 31.2 Å². The van der Waals surface area contributed by atoms with E-state index in [1.165, 1.54) is 16.1 Å². The number of fused-ring (bicyclic) bond motifs is 2. The quantitative estimate of drug-likeness (QED) is 0.249. The molecule has 39 heavy (non-hydrogen) atoms. The first kappa shape index (κ1) is 26.7. The highest BCUT2D eigenvalue weighted by Gasteiger charge is 2.27. The molecule has 0 saturated carbocycles. The predicted octanol–water partition coefficient (Wildman–Crippen LogP) is 4.14. The molecule has 0 aliphatic carbocycles. The van der Waals surface area contributed by atoms with Crippen molar-refractivity contribution in [1.82, 2.24) is 19.1 Å². The molecule has 1 fully saturated rings. The number of Topliss-reactive ketones (excluding diaryl/α,β-unsaturated/α-hetero) is 1. The van der Waals surface area contributed by atoms with Crippen LogP contribution >= 0.6 is 11.6 Å². The molecule has 5 rings (SSSR count). The van der Waals surface area contributed by atoms with Crippen LogP contribution in [0.4, 0.5) is 5.82 Å². The summed E-state index contributed by atoms with van der Waals surface area (Å²) in [5.41, 5.74) is 0.824. The molecule has 0 spiro atoms. The maximum atomic E-state index is 13.5. The third-order valence-electron chi connectivity index (χ3n) is 7.15. The van der Waals surface area contributed by atoms with Crippen LogP contribution in [0.3, 0.4) is 0 Å². The molecule has 1 saturated heterocycles. The minimum Gasteiger partial charge on any atom is -0.490 e. The van der Waals surface area contributed by atoms with Gasteiger partial charge in [0, 0.05) is 43.2 Å². The van der Waals surface area contributed by atoms with E-state index >= 15 is 0 Å². The summed E-state index contributed by atoms with van der Waals surface area (Å²) < 4.78 is 14.4. The molecule has 204 valence electrons. The molecule has 0 unspecified atom stereocenters. The Kier molecular flexibility index (Phi) is 7.31. The molecular weight excluding hydrogens is 522 g/mol. The van der Waals surface area contributed by atoms with Crippen molar-refractivity contribution in [3.05, 3.63) is 62.0 Å². The minimum atomic E-state index is -0.380. The summed E-state index contributed by atoms with van der Waals surface area (Å²) in [5, 5.41) is 1.25. The highest BCUT2D eigenvalue weighted by atomic mass is 35.5. The number of aromatic nitrogens is 4. The third-order valence-corrected chi connectivity index (χ3v) is 7.32. The second kappa shape index (κ2) is 10.7.